The van der Waals surface area contributed by atoms with Gasteiger partial charge in [-0.2, -0.15) is 0 Å². The maximum Gasteiger partial charge on any atom is 0.314 e. The van der Waals surface area contributed by atoms with Gasteiger partial charge in [0.2, 0.25) is 0 Å². The van der Waals surface area contributed by atoms with Crippen LogP contribution in [0.5, 0.6) is 0 Å². The second-order valence-corrected chi connectivity index (χ2v) is 4.29. The van der Waals surface area contributed by atoms with E-state index < -0.39 is 11.4 Å². The number of carboxylic acids is 1. The lowest BCUT2D eigenvalue weighted by Gasteiger charge is -2.32. The molecule has 2 rings (SSSR count). The van der Waals surface area contributed by atoms with Crippen LogP contribution in [0.25, 0.3) is 0 Å². The van der Waals surface area contributed by atoms with Crippen LogP contribution in [-0.2, 0) is 15.0 Å². The first-order valence-corrected chi connectivity index (χ1v) is 5.96. The third-order valence-corrected chi connectivity index (χ3v) is 3.40. The number of hydrogen-bond donors (Lipinski definition) is 1. The third-order valence-electron chi connectivity index (χ3n) is 3.40. The Kier molecular flexibility index (Phi) is 4.84. The summed E-state index contributed by atoms with van der Waals surface area (Å²) in [5.41, 5.74) is -0.0372. The average molecular weight is 246 g/mol. The van der Waals surface area contributed by atoms with Gasteiger partial charge in [-0.25, -0.2) is 0 Å². The summed E-state index contributed by atoms with van der Waals surface area (Å²) in [4.78, 5) is 22.7. The average Bonchev–Trinajstić information content (AvgIpc) is 2.43. The number of carboxylic acid groups (broad SMARTS) is 1. The molecule has 1 aromatic carbocycles. The number of rotatable bonds is 2. The van der Waals surface area contributed by atoms with E-state index in [-0.39, 0.29) is 5.78 Å². The molecular formula is C15H18O3. The first-order chi connectivity index (χ1) is 8.65. The molecule has 1 fully saturated rings. The van der Waals surface area contributed by atoms with Crippen molar-refractivity contribution in [2.45, 2.75) is 31.1 Å². The van der Waals surface area contributed by atoms with Crippen LogP contribution in [0.2, 0.25) is 0 Å². The molecule has 0 unspecified atom stereocenters. The standard InChI is InChI=1S/C13H14O3.C2H4/c14-11-6-8-13(9-7-11,12(15)16)10-4-2-1-3-5-10;1-2/h1-5H,6-9H2,(H,15,16);1-2H2. The molecule has 0 saturated heterocycles. The fraction of sp³-hybridized carbons (Fsp3) is 0.333. The maximum atomic E-state index is 11.5. The number of carbonyl (C=O) groups is 2. The predicted molar refractivity (Wildman–Crippen MR) is 70.5 cm³/mol. The molecule has 0 spiro atoms. The SMILES string of the molecule is C=C.O=C1CCC(C(=O)O)(c2ccccc2)CC1. The van der Waals surface area contributed by atoms with E-state index in [4.69, 9.17) is 0 Å². The molecule has 0 amide bonds. The molecule has 0 aromatic heterocycles. The van der Waals surface area contributed by atoms with Crippen LogP contribution in [0.3, 0.4) is 0 Å². The van der Waals surface area contributed by atoms with Gasteiger partial charge in [-0.1, -0.05) is 30.3 Å². The van der Waals surface area contributed by atoms with Crippen molar-refractivity contribution in [3.63, 3.8) is 0 Å². The highest BCUT2D eigenvalue weighted by atomic mass is 16.4. The molecule has 1 saturated carbocycles. The Labute approximate surface area is 107 Å². The van der Waals surface area contributed by atoms with Crippen molar-refractivity contribution in [2.24, 2.45) is 0 Å². The monoisotopic (exact) mass is 246 g/mol. The third kappa shape index (κ3) is 2.67. The molecule has 1 aliphatic rings. The van der Waals surface area contributed by atoms with E-state index in [1.807, 2.05) is 30.3 Å². The van der Waals surface area contributed by atoms with Crippen molar-refractivity contribution in [2.75, 3.05) is 0 Å². The van der Waals surface area contributed by atoms with E-state index in [9.17, 15) is 14.7 Å². The number of aliphatic carboxylic acids is 1. The van der Waals surface area contributed by atoms with E-state index in [0.29, 0.717) is 25.7 Å². The van der Waals surface area contributed by atoms with Gasteiger partial charge in [0.15, 0.2) is 0 Å². The van der Waals surface area contributed by atoms with Crippen molar-refractivity contribution in [1.29, 1.82) is 0 Å². The summed E-state index contributed by atoms with van der Waals surface area (Å²) in [6.07, 6.45) is 1.60. The van der Waals surface area contributed by atoms with Crippen LogP contribution in [-0.4, -0.2) is 16.9 Å². The minimum Gasteiger partial charge on any atom is -0.481 e. The van der Waals surface area contributed by atoms with E-state index in [2.05, 4.69) is 13.2 Å². The fourth-order valence-electron chi connectivity index (χ4n) is 2.34. The number of Topliss-reactive ketones (excluding diaryl/α,β-unsaturated/α-hetero) is 1. The molecule has 0 atom stereocenters. The Morgan fingerprint density at radius 3 is 2.06 bits per heavy atom. The molecule has 0 radical (unpaired) electrons. The van der Waals surface area contributed by atoms with Crippen molar-refractivity contribution < 1.29 is 14.7 Å². The number of carbonyl (C=O) groups excluding carboxylic acids is 1. The summed E-state index contributed by atoms with van der Waals surface area (Å²) in [6.45, 7) is 6.00. The first-order valence-electron chi connectivity index (χ1n) is 5.96. The number of hydrogen-bond acceptors (Lipinski definition) is 2. The van der Waals surface area contributed by atoms with Gasteiger partial charge in [0.05, 0.1) is 5.41 Å². The van der Waals surface area contributed by atoms with Crippen LogP contribution in [0.4, 0.5) is 0 Å². The fourth-order valence-corrected chi connectivity index (χ4v) is 2.34. The summed E-state index contributed by atoms with van der Waals surface area (Å²) in [6, 6.07) is 9.23. The molecule has 0 bridgehead atoms. The van der Waals surface area contributed by atoms with Gasteiger partial charge < -0.3 is 5.11 Å². The van der Waals surface area contributed by atoms with Gasteiger partial charge >= 0.3 is 5.97 Å². The lowest BCUT2D eigenvalue weighted by molar-refractivity contribution is -0.146. The van der Waals surface area contributed by atoms with Gasteiger partial charge in [0.1, 0.15) is 5.78 Å². The van der Waals surface area contributed by atoms with Crippen molar-refractivity contribution in [1.82, 2.24) is 0 Å². The largest absolute Gasteiger partial charge is 0.481 e. The lowest BCUT2D eigenvalue weighted by atomic mass is 9.69. The molecule has 1 aromatic rings. The second kappa shape index (κ2) is 6.15. The van der Waals surface area contributed by atoms with Gasteiger partial charge in [-0.15, -0.1) is 13.2 Å². The highest BCUT2D eigenvalue weighted by molar-refractivity contribution is 5.87. The molecule has 3 nitrogen and oxygen atoms in total. The molecular weight excluding hydrogens is 228 g/mol. The molecule has 3 heteroatoms. The zero-order valence-electron chi connectivity index (χ0n) is 10.4. The molecule has 0 heterocycles. The molecule has 0 aliphatic heterocycles. The Morgan fingerprint density at radius 2 is 1.61 bits per heavy atom. The highest BCUT2D eigenvalue weighted by Crippen LogP contribution is 2.38. The van der Waals surface area contributed by atoms with Crippen molar-refractivity contribution in [3.8, 4) is 0 Å². The lowest BCUT2D eigenvalue weighted by Crippen LogP contribution is -2.39. The Bertz CT molecular complexity index is 413. The van der Waals surface area contributed by atoms with Gasteiger partial charge in [0.25, 0.3) is 0 Å². The Balaban J connectivity index is 0.000000771. The molecule has 18 heavy (non-hydrogen) atoms. The van der Waals surface area contributed by atoms with E-state index in [0.717, 1.165) is 5.56 Å². The van der Waals surface area contributed by atoms with Crippen LogP contribution in [0.15, 0.2) is 43.5 Å². The number of benzene rings is 1. The van der Waals surface area contributed by atoms with Gasteiger partial charge in [-0.3, -0.25) is 9.59 Å². The summed E-state index contributed by atoms with van der Waals surface area (Å²) in [5, 5.41) is 9.42. The molecule has 96 valence electrons. The minimum atomic E-state index is -0.852. The van der Waals surface area contributed by atoms with Crippen LogP contribution in [0.1, 0.15) is 31.2 Å². The maximum absolute atomic E-state index is 11.5. The summed E-state index contributed by atoms with van der Waals surface area (Å²) in [7, 11) is 0. The Hall–Kier alpha value is -1.90. The highest BCUT2D eigenvalue weighted by Gasteiger charge is 2.42. The Morgan fingerprint density at radius 1 is 1.11 bits per heavy atom. The molecule has 1 N–H and O–H groups in total. The topological polar surface area (TPSA) is 54.4 Å². The summed E-state index contributed by atoms with van der Waals surface area (Å²) < 4.78 is 0. The zero-order chi connectivity index (χ0) is 13.6. The summed E-state index contributed by atoms with van der Waals surface area (Å²) >= 11 is 0. The van der Waals surface area contributed by atoms with Crippen molar-refractivity contribution in [3.05, 3.63) is 49.1 Å². The molecule has 1 aliphatic carbocycles. The quantitative estimate of drug-likeness (QED) is 0.816. The van der Waals surface area contributed by atoms with E-state index in [1.165, 1.54) is 0 Å². The smallest absolute Gasteiger partial charge is 0.314 e. The minimum absolute atomic E-state index is 0.174. The van der Waals surface area contributed by atoms with Crippen LogP contribution in [0, 0.1) is 0 Å². The normalized spacial score (nSPS) is 17.4. The van der Waals surface area contributed by atoms with E-state index in [1.54, 1.807) is 0 Å². The zero-order valence-corrected chi connectivity index (χ0v) is 10.4. The predicted octanol–water partition coefficient (Wildman–Crippen LogP) is 2.95. The first kappa shape index (κ1) is 14.2. The van der Waals surface area contributed by atoms with E-state index >= 15 is 0 Å². The van der Waals surface area contributed by atoms with Crippen LogP contribution >= 0.6 is 0 Å². The van der Waals surface area contributed by atoms with Gasteiger partial charge in [-0.05, 0) is 18.4 Å². The number of ketones is 1. The second-order valence-electron chi connectivity index (χ2n) is 4.29. The van der Waals surface area contributed by atoms with Crippen molar-refractivity contribution >= 4 is 11.8 Å². The summed E-state index contributed by atoms with van der Waals surface area (Å²) in [5.74, 6) is -0.640. The van der Waals surface area contributed by atoms with Gasteiger partial charge in [0, 0.05) is 12.8 Å². The van der Waals surface area contributed by atoms with Crippen LogP contribution < -0.4 is 0 Å².